The van der Waals surface area contributed by atoms with Crippen molar-refractivity contribution in [2.75, 3.05) is 0 Å². The third-order valence-corrected chi connectivity index (χ3v) is 5.77. The van der Waals surface area contributed by atoms with Gasteiger partial charge in [0, 0.05) is 11.0 Å². The molecule has 2 aromatic rings. The molecule has 0 radical (unpaired) electrons. The molecule has 0 aromatic heterocycles. The van der Waals surface area contributed by atoms with Crippen LogP contribution in [0.1, 0.15) is 18.1 Å². The number of hydrogen-bond acceptors (Lipinski definition) is 2. The Morgan fingerprint density at radius 3 is 2.43 bits per heavy atom. The van der Waals surface area contributed by atoms with Crippen molar-refractivity contribution in [2.45, 2.75) is 24.8 Å². The van der Waals surface area contributed by atoms with Crippen LogP contribution in [-0.2, 0) is 23.0 Å². The molecule has 0 saturated heterocycles. The van der Waals surface area contributed by atoms with Crippen LogP contribution in [0.3, 0.4) is 0 Å². The van der Waals surface area contributed by atoms with Gasteiger partial charge in [0.25, 0.3) is 0 Å². The van der Waals surface area contributed by atoms with Crippen molar-refractivity contribution in [3.05, 3.63) is 63.1 Å². The van der Waals surface area contributed by atoms with Crippen molar-refractivity contribution < 1.29 is 8.42 Å². The minimum absolute atomic E-state index is 0.188. The summed E-state index contributed by atoms with van der Waals surface area (Å²) in [6.07, 6.45) is 0.865. The minimum Gasteiger partial charge on any atom is -0.207 e. The maximum Gasteiger partial charge on any atom is 0.240 e. The molecule has 3 nitrogen and oxygen atoms in total. The lowest BCUT2D eigenvalue weighted by molar-refractivity contribution is 0.581. The van der Waals surface area contributed by atoms with Crippen LogP contribution in [0.25, 0.3) is 0 Å². The van der Waals surface area contributed by atoms with Gasteiger partial charge in [-0.1, -0.05) is 42.8 Å². The SMILES string of the molecule is CCc1ccccc1CNS(=O)(=O)c1ccc(Cl)c(Br)c1. The number of nitrogens with one attached hydrogen (secondary N) is 1. The molecular weight excluding hydrogens is 374 g/mol. The molecule has 2 aromatic carbocycles. The molecule has 112 valence electrons. The van der Waals surface area contributed by atoms with Gasteiger partial charge in [-0.2, -0.15) is 0 Å². The number of sulfonamides is 1. The van der Waals surface area contributed by atoms with Gasteiger partial charge < -0.3 is 0 Å². The van der Waals surface area contributed by atoms with E-state index < -0.39 is 10.0 Å². The van der Waals surface area contributed by atoms with Crippen LogP contribution in [0.4, 0.5) is 0 Å². The highest BCUT2D eigenvalue weighted by Gasteiger charge is 2.15. The Balaban J connectivity index is 2.20. The Bertz CT molecular complexity index is 747. The Labute approximate surface area is 138 Å². The number of aryl methyl sites for hydroxylation is 1. The minimum atomic E-state index is -3.56. The second-order valence-electron chi connectivity index (χ2n) is 4.52. The number of halogens is 2. The van der Waals surface area contributed by atoms with Gasteiger partial charge in [0.1, 0.15) is 0 Å². The van der Waals surface area contributed by atoms with Gasteiger partial charge in [-0.25, -0.2) is 13.1 Å². The van der Waals surface area contributed by atoms with Crippen LogP contribution in [-0.4, -0.2) is 8.42 Å². The molecule has 0 saturated carbocycles. The summed E-state index contributed by atoms with van der Waals surface area (Å²) in [6, 6.07) is 12.3. The highest BCUT2D eigenvalue weighted by atomic mass is 79.9. The van der Waals surface area contributed by atoms with Crippen LogP contribution in [0, 0.1) is 0 Å². The zero-order chi connectivity index (χ0) is 15.5. The van der Waals surface area contributed by atoms with E-state index in [4.69, 9.17) is 11.6 Å². The third-order valence-electron chi connectivity index (χ3n) is 3.15. The van der Waals surface area contributed by atoms with Crippen LogP contribution in [0.5, 0.6) is 0 Å². The van der Waals surface area contributed by atoms with Gasteiger partial charge in [0.05, 0.1) is 9.92 Å². The zero-order valence-corrected chi connectivity index (χ0v) is 14.6. The van der Waals surface area contributed by atoms with E-state index in [1.807, 2.05) is 31.2 Å². The van der Waals surface area contributed by atoms with Crippen molar-refractivity contribution in [3.63, 3.8) is 0 Å². The van der Waals surface area contributed by atoms with Crippen LogP contribution >= 0.6 is 27.5 Å². The fraction of sp³-hybridized carbons (Fsp3) is 0.200. The van der Waals surface area contributed by atoms with Crippen LogP contribution in [0.2, 0.25) is 5.02 Å². The lowest BCUT2D eigenvalue weighted by atomic mass is 10.1. The summed E-state index contributed by atoms with van der Waals surface area (Å²) in [5.41, 5.74) is 2.12. The largest absolute Gasteiger partial charge is 0.240 e. The Hall–Kier alpha value is -0.880. The molecular formula is C15H15BrClNO2S. The monoisotopic (exact) mass is 387 g/mol. The van der Waals surface area contributed by atoms with E-state index in [9.17, 15) is 8.42 Å². The van der Waals surface area contributed by atoms with E-state index >= 15 is 0 Å². The Morgan fingerprint density at radius 1 is 1.14 bits per heavy atom. The highest BCUT2D eigenvalue weighted by Crippen LogP contribution is 2.25. The quantitative estimate of drug-likeness (QED) is 0.836. The van der Waals surface area contributed by atoms with Gasteiger partial charge in [0.2, 0.25) is 10.0 Å². The van der Waals surface area contributed by atoms with E-state index in [-0.39, 0.29) is 11.4 Å². The van der Waals surface area contributed by atoms with E-state index in [0.29, 0.717) is 9.50 Å². The fourth-order valence-corrected chi connectivity index (χ4v) is 3.66. The van der Waals surface area contributed by atoms with Gasteiger partial charge in [-0.15, -0.1) is 0 Å². The molecule has 0 unspecified atom stereocenters. The summed E-state index contributed by atoms with van der Waals surface area (Å²) in [4.78, 5) is 0.188. The predicted molar refractivity (Wildman–Crippen MR) is 89.0 cm³/mol. The molecule has 0 spiro atoms. The average Bonchev–Trinajstić information content (AvgIpc) is 2.48. The first-order valence-electron chi connectivity index (χ1n) is 6.45. The first kappa shape index (κ1) is 16.5. The first-order valence-corrected chi connectivity index (χ1v) is 9.11. The van der Waals surface area contributed by atoms with Crippen molar-refractivity contribution in [2.24, 2.45) is 0 Å². The summed E-state index contributed by atoms with van der Waals surface area (Å²) < 4.78 is 27.8. The normalized spacial score (nSPS) is 11.6. The van der Waals surface area contributed by atoms with Crippen molar-refractivity contribution in [1.29, 1.82) is 0 Å². The summed E-state index contributed by atoms with van der Waals surface area (Å²) in [5, 5.41) is 0.477. The first-order chi connectivity index (χ1) is 9.94. The maximum atomic E-state index is 12.3. The molecule has 0 aliphatic rings. The average molecular weight is 389 g/mol. The van der Waals surface area contributed by atoms with Crippen LogP contribution in [0.15, 0.2) is 51.8 Å². The van der Waals surface area contributed by atoms with E-state index in [2.05, 4.69) is 20.7 Å². The van der Waals surface area contributed by atoms with Gasteiger partial charge in [-0.05, 0) is 51.7 Å². The summed E-state index contributed by atoms with van der Waals surface area (Å²) >= 11 is 9.11. The molecule has 1 N–H and O–H groups in total. The van der Waals surface area contributed by atoms with Gasteiger partial charge >= 0.3 is 0 Å². The molecule has 0 fully saturated rings. The van der Waals surface area contributed by atoms with E-state index in [0.717, 1.165) is 17.5 Å². The molecule has 0 aliphatic heterocycles. The third kappa shape index (κ3) is 4.07. The second-order valence-corrected chi connectivity index (χ2v) is 7.55. The van der Waals surface area contributed by atoms with E-state index in [1.54, 1.807) is 6.07 Å². The molecule has 2 rings (SSSR count). The number of benzene rings is 2. The topological polar surface area (TPSA) is 46.2 Å². The molecule has 0 amide bonds. The zero-order valence-electron chi connectivity index (χ0n) is 11.4. The fourth-order valence-electron chi connectivity index (χ4n) is 1.97. The number of rotatable bonds is 5. The summed E-state index contributed by atoms with van der Waals surface area (Å²) in [6.45, 7) is 2.32. The lowest BCUT2D eigenvalue weighted by Gasteiger charge is -2.10. The molecule has 6 heteroatoms. The maximum absolute atomic E-state index is 12.3. The molecule has 0 aliphatic carbocycles. The van der Waals surface area contributed by atoms with Gasteiger partial charge in [0.15, 0.2) is 0 Å². The van der Waals surface area contributed by atoms with Gasteiger partial charge in [-0.3, -0.25) is 0 Å². The highest BCUT2D eigenvalue weighted by molar-refractivity contribution is 9.10. The Morgan fingerprint density at radius 2 is 1.81 bits per heavy atom. The molecule has 0 heterocycles. The second kappa shape index (κ2) is 6.92. The standard InChI is InChI=1S/C15H15BrClNO2S/c1-2-11-5-3-4-6-12(11)10-18-21(19,20)13-7-8-15(17)14(16)9-13/h3-9,18H,2,10H2,1H3. The smallest absolute Gasteiger partial charge is 0.207 e. The molecule has 0 atom stereocenters. The van der Waals surface area contributed by atoms with Crippen molar-refractivity contribution >= 4 is 37.6 Å². The summed E-state index contributed by atoms with van der Waals surface area (Å²) in [5.74, 6) is 0. The van der Waals surface area contributed by atoms with Crippen molar-refractivity contribution in [3.8, 4) is 0 Å². The summed E-state index contributed by atoms with van der Waals surface area (Å²) in [7, 11) is -3.56. The molecule has 21 heavy (non-hydrogen) atoms. The van der Waals surface area contributed by atoms with E-state index in [1.165, 1.54) is 12.1 Å². The lowest BCUT2D eigenvalue weighted by Crippen LogP contribution is -2.23. The van der Waals surface area contributed by atoms with Crippen LogP contribution < -0.4 is 4.72 Å². The predicted octanol–water partition coefficient (Wildman–Crippen LogP) is 4.14. The molecule has 0 bridgehead atoms. The van der Waals surface area contributed by atoms with Crippen molar-refractivity contribution in [1.82, 2.24) is 4.72 Å². The Kier molecular flexibility index (Phi) is 5.43. The number of hydrogen-bond donors (Lipinski definition) is 1.